The first-order valence-electron chi connectivity index (χ1n) is 11.1. The third-order valence-electron chi connectivity index (χ3n) is 8.95. The van der Waals surface area contributed by atoms with Crippen molar-refractivity contribution in [2.45, 2.75) is 72.1 Å². The number of hydrogen-bond donors (Lipinski definition) is 2. The van der Waals surface area contributed by atoms with E-state index in [2.05, 4.69) is 23.5 Å². The molecule has 4 rings (SSSR count). The first-order chi connectivity index (χ1) is 14.0. The standard InChI is InChI=1S/C22H34NO6P/c1-14(23-28-13-29-30(25,26)27)18-6-7-19-17-5-4-15-12-16(24)8-10-21(15,2)20(17)9-11-22(18,19)3/h12,17-20H,4-11,13H2,1-3H3,(H2,25,26,27)/b23-14+/t17-,18+,19-,20-,21-,22+/m0/s1. The van der Waals surface area contributed by atoms with Crippen molar-refractivity contribution in [2.24, 2.45) is 39.7 Å². The average Bonchev–Trinajstić information content (AvgIpc) is 3.02. The SMILES string of the molecule is C/C(=N\OCOP(=O)(O)O)[C@H]1CC[C@H]2[C@@H]3CCC4=CC(=O)CC[C@]4(C)[C@H]3CC[C@]12C. The molecule has 8 heteroatoms. The Labute approximate surface area is 178 Å². The molecule has 0 unspecified atom stereocenters. The number of allylic oxidation sites excluding steroid dienone is 1. The highest BCUT2D eigenvalue weighted by Crippen LogP contribution is 2.66. The Morgan fingerprint density at radius 3 is 2.67 bits per heavy atom. The van der Waals surface area contributed by atoms with E-state index < -0.39 is 14.6 Å². The summed E-state index contributed by atoms with van der Waals surface area (Å²) in [6, 6.07) is 0. The Hall–Kier alpha value is -1.01. The third kappa shape index (κ3) is 3.83. The number of rotatable bonds is 5. The molecule has 168 valence electrons. The summed E-state index contributed by atoms with van der Waals surface area (Å²) in [7, 11) is -4.55. The number of hydrogen-bond acceptors (Lipinski definition) is 5. The van der Waals surface area contributed by atoms with E-state index in [9.17, 15) is 9.36 Å². The molecular weight excluding hydrogens is 405 g/mol. The van der Waals surface area contributed by atoms with Crippen molar-refractivity contribution >= 4 is 19.3 Å². The molecule has 2 N–H and O–H groups in total. The Morgan fingerprint density at radius 1 is 1.17 bits per heavy atom. The van der Waals surface area contributed by atoms with E-state index in [1.54, 1.807) is 0 Å². The fourth-order valence-corrected chi connectivity index (χ4v) is 7.71. The van der Waals surface area contributed by atoms with E-state index in [0.717, 1.165) is 31.4 Å². The topological polar surface area (TPSA) is 105 Å². The minimum absolute atomic E-state index is 0.171. The molecule has 30 heavy (non-hydrogen) atoms. The van der Waals surface area contributed by atoms with Gasteiger partial charge in [0.1, 0.15) is 0 Å². The lowest BCUT2D eigenvalue weighted by atomic mass is 9.46. The molecule has 4 aliphatic rings. The van der Waals surface area contributed by atoms with Crippen LogP contribution in [0.2, 0.25) is 0 Å². The highest BCUT2D eigenvalue weighted by molar-refractivity contribution is 7.46. The van der Waals surface area contributed by atoms with E-state index >= 15 is 0 Å². The van der Waals surface area contributed by atoms with Crippen molar-refractivity contribution in [3.05, 3.63) is 11.6 Å². The summed E-state index contributed by atoms with van der Waals surface area (Å²) >= 11 is 0. The van der Waals surface area contributed by atoms with Crippen LogP contribution < -0.4 is 0 Å². The third-order valence-corrected chi connectivity index (χ3v) is 9.39. The lowest BCUT2D eigenvalue weighted by Crippen LogP contribution is -2.51. The summed E-state index contributed by atoms with van der Waals surface area (Å²) < 4.78 is 15.1. The summed E-state index contributed by atoms with van der Waals surface area (Å²) in [5, 5.41) is 4.14. The van der Waals surface area contributed by atoms with Crippen molar-refractivity contribution in [1.82, 2.24) is 0 Å². The van der Waals surface area contributed by atoms with Crippen LogP contribution in [0.25, 0.3) is 0 Å². The Kier molecular flexibility index (Phi) is 5.80. The molecular formula is C22H34NO6P. The molecule has 3 fully saturated rings. The highest BCUT2D eigenvalue weighted by Gasteiger charge is 2.59. The van der Waals surface area contributed by atoms with E-state index in [-0.39, 0.29) is 10.8 Å². The number of nitrogens with zero attached hydrogens (tertiary/aromatic N) is 1. The van der Waals surface area contributed by atoms with E-state index in [1.807, 2.05) is 13.0 Å². The predicted octanol–water partition coefficient (Wildman–Crippen LogP) is 4.59. The van der Waals surface area contributed by atoms with Gasteiger partial charge in [0.05, 0.1) is 5.71 Å². The van der Waals surface area contributed by atoms with Crippen LogP contribution in [0.3, 0.4) is 0 Å². The van der Waals surface area contributed by atoms with Gasteiger partial charge in [-0.25, -0.2) is 9.09 Å². The summed E-state index contributed by atoms with van der Waals surface area (Å²) in [5.74, 6) is 2.62. The van der Waals surface area contributed by atoms with Crippen LogP contribution in [0.5, 0.6) is 0 Å². The van der Waals surface area contributed by atoms with Crippen molar-refractivity contribution in [3.8, 4) is 0 Å². The Bertz CT molecular complexity index is 818. The maximum absolute atomic E-state index is 12.0. The Morgan fingerprint density at radius 2 is 1.93 bits per heavy atom. The monoisotopic (exact) mass is 439 g/mol. The fraction of sp³-hybridized carbons (Fsp3) is 0.818. The molecule has 0 saturated heterocycles. The molecule has 0 radical (unpaired) electrons. The minimum Gasteiger partial charge on any atom is -0.367 e. The molecule has 0 aromatic carbocycles. The number of oxime groups is 1. The lowest BCUT2D eigenvalue weighted by molar-refractivity contribution is -0.117. The molecule has 0 aromatic heterocycles. The summed E-state index contributed by atoms with van der Waals surface area (Å²) in [5.41, 5.74) is 2.64. The van der Waals surface area contributed by atoms with Gasteiger partial charge < -0.3 is 14.6 Å². The molecule has 0 heterocycles. The average molecular weight is 439 g/mol. The zero-order valence-electron chi connectivity index (χ0n) is 18.2. The van der Waals surface area contributed by atoms with Crippen molar-refractivity contribution in [1.29, 1.82) is 0 Å². The van der Waals surface area contributed by atoms with Gasteiger partial charge in [-0.3, -0.25) is 4.79 Å². The van der Waals surface area contributed by atoms with Crippen LogP contribution in [0.1, 0.15) is 72.1 Å². The second-order valence-corrected chi connectivity index (χ2v) is 11.5. The van der Waals surface area contributed by atoms with Crippen LogP contribution in [0, 0.1) is 34.5 Å². The molecule has 0 aromatic rings. The van der Waals surface area contributed by atoms with Gasteiger partial charge in [-0.2, -0.15) is 0 Å². The number of fused-ring (bicyclic) bond motifs is 5. The molecule has 7 nitrogen and oxygen atoms in total. The number of phosphoric acid groups is 1. The molecule has 0 amide bonds. The Balaban J connectivity index is 1.48. The van der Waals surface area contributed by atoms with Gasteiger partial charge in [0.25, 0.3) is 0 Å². The maximum atomic E-state index is 12.0. The van der Waals surface area contributed by atoms with Crippen molar-refractivity contribution in [3.63, 3.8) is 0 Å². The second kappa shape index (κ2) is 7.84. The predicted molar refractivity (Wildman–Crippen MR) is 112 cm³/mol. The van der Waals surface area contributed by atoms with Gasteiger partial charge in [0.15, 0.2) is 5.78 Å². The molecule has 6 atom stereocenters. The van der Waals surface area contributed by atoms with Crippen molar-refractivity contribution < 1.29 is 28.5 Å². The van der Waals surface area contributed by atoms with Crippen LogP contribution >= 0.6 is 7.82 Å². The highest BCUT2D eigenvalue weighted by atomic mass is 31.2. The quantitative estimate of drug-likeness (QED) is 0.213. The fourth-order valence-electron chi connectivity index (χ4n) is 7.53. The van der Waals surface area contributed by atoms with Gasteiger partial charge in [-0.15, -0.1) is 0 Å². The van der Waals surface area contributed by atoms with Gasteiger partial charge in [-0.05, 0) is 86.5 Å². The van der Waals surface area contributed by atoms with Gasteiger partial charge in [0, 0.05) is 12.3 Å². The first-order valence-corrected chi connectivity index (χ1v) is 12.7. The zero-order chi connectivity index (χ0) is 21.7. The van der Waals surface area contributed by atoms with Gasteiger partial charge in [-0.1, -0.05) is 24.6 Å². The smallest absolute Gasteiger partial charge is 0.367 e. The molecule has 4 aliphatic carbocycles. The molecule has 0 bridgehead atoms. The van der Waals surface area contributed by atoms with Gasteiger partial charge in [0.2, 0.25) is 6.79 Å². The minimum atomic E-state index is -4.55. The number of phosphoric ester groups is 1. The van der Waals surface area contributed by atoms with E-state index in [0.29, 0.717) is 35.9 Å². The number of carbonyl (C=O) groups is 1. The normalized spacial score (nSPS) is 41.6. The van der Waals surface area contributed by atoms with Crippen molar-refractivity contribution in [2.75, 3.05) is 6.79 Å². The molecule has 0 spiro atoms. The lowest BCUT2D eigenvalue weighted by Gasteiger charge is -2.58. The van der Waals surface area contributed by atoms with Gasteiger partial charge >= 0.3 is 7.82 Å². The number of carbonyl (C=O) groups excluding carboxylic acids is 1. The van der Waals surface area contributed by atoms with Crippen LogP contribution in [0.4, 0.5) is 0 Å². The zero-order valence-corrected chi connectivity index (χ0v) is 19.1. The van der Waals surface area contributed by atoms with Crippen LogP contribution in [-0.2, 0) is 18.7 Å². The largest absolute Gasteiger partial charge is 0.472 e. The van der Waals surface area contributed by atoms with Crippen LogP contribution in [0.15, 0.2) is 16.8 Å². The second-order valence-electron chi connectivity index (χ2n) is 10.2. The summed E-state index contributed by atoms with van der Waals surface area (Å²) in [6.45, 7) is 6.20. The summed E-state index contributed by atoms with van der Waals surface area (Å²) in [4.78, 5) is 34.5. The number of ketones is 1. The molecule has 3 saturated carbocycles. The maximum Gasteiger partial charge on any atom is 0.472 e. The van der Waals surface area contributed by atoms with E-state index in [1.165, 1.54) is 24.8 Å². The summed E-state index contributed by atoms with van der Waals surface area (Å²) in [6.07, 6.45) is 10.5. The first kappa shape index (κ1) is 22.2. The van der Waals surface area contributed by atoms with Crippen LogP contribution in [-0.4, -0.2) is 28.1 Å². The molecule has 0 aliphatic heterocycles. The van der Waals surface area contributed by atoms with E-state index in [4.69, 9.17) is 14.6 Å².